The van der Waals surface area contributed by atoms with Crippen LogP contribution in [0.15, 0.2) is 41.7 Å². The monoisotopic (exact) mass is 268 g/mol. The quantitative estimate of drug-likeness (QED) is 0.536. The minimum Gasteiger partial charge on any atom is -0.0804 e. The van der Waals surface area contributed by atoms with Crippen LogP contribution in [0.4, 0.5) is 0 Å². The van der Waals surface area contributed by atoms with Gasteiger partial charge in [-0.25, -0.2) is 0 Å². The molecule has 0 amide bonds. The molecular formula is C12H14BrP. The van der Waals surface area contributed by atoms with Crippen molar-refractivity contribution in [3.63, 3.8) is 0 Å². The predicted octanol–water partition coefficient (Wildman–Crippen LogP) is 3.86. The third-order valence-electron chi connectivity index (χ3n) is 2.73. The Balaban J connectivity index is 2.26. The van der Waals surface area contributed by atoms with Crippen molar-refractivity contribution >= 4 is 29.2 Å². The highest BCUT2D eigenvalue weighted by molar-refractivity contribution is 9.10. The number of allylic oxidation sites excluding steroid dienone is 1. The molecule has 1 aliphatic heterocycles. The van der Waals surface area contributed by atoms with E-state index in [0.717, 1.165) is 0 Å². The van der Waals surface area contributed by atoms with Gasteiger partial charge in [-0.1, -0.05) is 65.6 Å². The third kappa shape index (κ3) is 1.94. The molecule has 2 atom stereocenters. The summed E-state index contributed by atoms with van der Waals surface area (Å²) >= 11 is 3.79. The standard InChI is InChI=1S/C12H14BrP/c1-10-8-14(9-12(10,2)13)11-6-4-3-5-7-11/h3-8H,9H2,1-2H3. The summed E-state index contributed by atoms with van der Waals surface area (Å²) in [5.41, 5.74) is 1.48. The summed E-state index contributed by atoms with van der Waals surface area (Å²) < 4.78 is 0.231. The smallest absolute Gasteiger partial charge is 0.0483 e. The van der Waals surface area contributed by atoms with Crippen molar-refractivity contribution in [2.45, 2.75) is 18.2 Å². The van der Waals surface area contributed by atoms with E-state index in [1.165, 1.54) is 17.0 Å². The normalized spacial score (nSPS) is 31.6. The summed E-state index contributed by atoms with van der Waals surface area (Å²) in [6.07, 6.45) is 1.23. The van der Waals surface area contributed by atoms with Crippen LogP contribution in [0.25, 0.3) is 0 Å². The molecule has 2 heteroatoms. The zero-order valence-electron chi connectivity index (χ0n) is 8.50. The number of halogens is 1. The molecule has 1 aliphatic rings. The Hall–Kier alpha value is -0.130. The van der Waals surface area contributed by atoms with E-state index in [9.17, 15) is 0 Å². The molecule has 0 saturated heterocycles. The van der Waals surface area contributed by atoms with Crippen LogP contribution in [0.5, 0.6) is 0 Å². The molecule has 2 unspecified atom stereocenters. The second kappa shape index (κ2) is 3.79. The van der Waals surface area contributed by atoms with E-state index < -0.39 is 0 Å². The Morgan fingerprint density at radius 3 is 2.43 bits per heavy atom. The van der Waals surface area contributed by atoms with Crippen LogP contribution in [0, 0.1) is 0 Å². The first kappa shape index (κ1) is 10.4. The van der Waals surface area contributed by atoms with Crippen molar-refractivity contribution in [2.24, 2.45) is 0 Å². The number of alkyl halides is 1. The van der Waals surface area contributed by atoms with Gasteiger partial charge in [0.25, 0.3) is 0 Å². The van der Waals surface area contributed by atoms with Crippen molar-refractivity contribution in [1.29, 1.82) is 0 Å². The van der Waals surface area contributed by atoms with Gasteiger partial charge in [0.15, 0.2) is 0 Å². The topological polar surface area (TPSA) is 0 Å². The summed E-state index contributed by atoms with van der Waals surface area (Å²) in [7, 11) is -0.0765. The molecule has 0 aliphatic carbocycles. The number of rotatable bonds is 1. The molecule has 1 aromatic rings. The third-order valence-corrected chi connectivity index (χ3v) is 6.70. The van der Waals surface area contributed by atoms with Crippen LogP contribution >= 0.6 is 23.9 Å². The fourth-order valence-electron chi connectivity index (χ4n) is 1.64. The van der Waals surface area contributed by atoms with Crippen LogP contribution < -0.4 is 5.30 Å². The van der Waals surface area contributed by atoms with Crippen molar-refractivity contribution in [1.82, 2.24) is 0 Å². The lowest BCUT2D eigenvalue weighted by atomic mass is 10.1. The van der Waals surface area contributed by atoms with Gasteiger partial charge in [0, 0.05) is 4.32 Å². The summed E-state index contributed by atoms with van der Waals surface area (Å²) in [5.74, 6) is 2.44. The van der Waals surface area contributed by atoms with E-state index in [4.69, 9.17) is 0 Å². The lowest BCUT2D eigenvalue weighted by Gasteiger charge is -2.18. The van der Waals surface area contributed by atoms with Gasteiger partial charge in [0.2, 0.25) is 0 Å². The maximum atomic E-state index is 3.79. The van der Waals surface area contributed by atoms with Crippen LogP contribution in [0.3, 0.4) is 0 Å². The SMILES string of the molecule is CC1=CP(c2ccccc2)CC1(C)Br. The Bertz CT molecular complexity index is 354. The van der Waals surface area contributed by atoms with E-state index in [0.29, 0.717) is 0 Å². The number of hydrogen-bond acceptors (Lipinski definition) is 0. The first-order valence-electron chi connectivity index (χ1n) is 4.79. The van der Waals surface area contributed by atoms with Gasteiger partial charge in [-0.2, -0.15) is 0 Å². The van der Waals surface area contributed by atoms with Gasteiger partial charge in [-0.05, 0) is 25.3 Å². The van der Waals surface area contributed by atoms with E-state index in [1.807, 2.05) is 0 Å². The molecule has 0 N–H and O–H groups in total. The summed E-state index contributed by atoms with van der Waals surface area (Å²) in [6, 6.07) is 10.8. The molecule has 0 saturated carbocycles. The van der Waals surface area contributed by atoms with Crippen LogP contribution in [-0.4, -0.2) is 10.5 Å². The highest BCUT2D eigenvalue weighted by Crippen LogP contribution is 2.52. The average Bonchev–Trinajstić information content (AvgIpc) is 2.43. The van der Waals surface area contributed by atoms with Gasteiger partial charge in [-0.3, -0.25) is 0 Å². The van der Waals surface area contributed by atoms with Gasteiger partial charge in [0.1, 0.15) is 0 Å². The van der Waals surface area contributed by atoms with Gasteiger partial charge >= 0.3 is 0 Å². The van der Waals surface area contributed by atoms with Gasteiger partial charge < -0.3 is 0 Å². The molecule has 2 rings (SSSR count). The second-order valence-electron chi connectivity index (χ2n) is 3.97. The molecule has 1 aromatic carbocycles. The van der Waals surface area contributed by atoms with E-state index in [1.54, 1.807) is 0 Å². The highest BCUT2D eigenvalue weighted by atomic mass is 79.9. The molecular weight excluding hydrogens is 255 g/mol. The summed E-state index contributed by atoms with van der Waals surface area (Å²) in [6.45, 7) is 4.49. The molecule has 0 bridgehead atoms. The molecule has 14 heavy (non-hydrogen) atoms. The molecule has 1 heterocycles. The van der Waals surface area contributed by atoms with Crippen molar-refractivity contribution in [2.75, 3.05) is 6.16 Å². The average molecular weight is 269 g/mol. The first-order valence-corrected chi connectivity index (χ1v) is 7.18. The maximum absolute atomic E-state index is 3.79. The van der Waals surface area contributed by atoms with Crippen molar-refractivity contribution < 1.29 is 0 Å². The predicted molar refractivity (Wildman–Crippen MR) is 69.0 cm³/mol. The molecule has 0 radical (unpaired) electrons. The number of benzene rings is 1. The minimum absolute atomic E-state index is 0.0765. The van der Waals surface area contributed by atoms with Crippen LogP contribution in [-0.2, 0) is 0 Å². The van der Waals surface area contributed by atoms with Crippen molar-refractivity contribution in [3.8, 4) is 0 Å². The van der Waals surface area contributed by atoms with Crippen LogP contribution in [0.2, 0.25) is 0 Å². The van der Waals surface area contributed by atoms with E-state index in [-0.39, 0.29) is 12.2 Å². The second-order valence-corrected chi connectivity index (χ2v) is 7.75. The fraction of sp³-hybridized carbons (Fsp3) is 0.333. The largest absolute Gasteiger partial charge is 0.0804 e. The molecule has 74 valence electrons. The first-order chi connectivity index (χ1) is 6.59. The zero-order chi connectivity index (χ0) is 10.2. The van der Waals surface area contributed by atoms with Crippen molar-refractivity contribution in [3.05, 3.63) is 41.7 Å². The number of hydrogen-bond donors (Lipinski definition) is 0. The minimum atomic E-state index is -0.0765. The van der Waals surface area contributed by atoms with Crippen LogP contribution in [0.1, 0.15) is 13.8 Å². The zero-order valence-corrected chi connectivity index (χ0v) is 11.0. The lowest BCUT2D eigenvalue weighted by molar-refractivity contribution is 0.880. The summed E-state index contributed by atoms with van der Waals surface area (Å²) in [4.78, 5) is 0. The fourth-order valence-corrected chi connectivity index (χ4v) is 5.37. The summed E-state index contributed by atoms with van der Waals surface area (Å²) in [5, 5.41) is 1.49. The van der Waals surface area contributed by atoms with E-state index >= 15 is 0 Å². The molecule has 0 aromatic heterocycles. The van der Waals surface area contributed by atoms with Gasteiger partial charge in [0.05, 0.1) is 0 Å². The highest BCUT2D eigenvalue weighted by Gasteiger charge is 2.32. The Morgan fingerprint density at radius 2 is 1.93 bits per heavy atom. The Morgan fingerprint density at radius 1 is 1.29 bits per heavy atom. The lowest BCUT2D eigenvalue weighted by Crippen LogP contribution is -2.17. The molecule has 0 nitrogen and oxygen atoms in total. The Kier molecular flexibility index (Phi) is 2.81. The van der Waals surface area contributed by atoms with Gasteiger partial charge in [-0.15, -0.1) is 0 Å². The molecule has 0 spiro atoms. The molecule has 0 fully saturated rings. The van der Waals surface area contributed by atoms with E-state index in [2.05, 4.69) is 65.9 Å². The maximum Gasteiger partial charge on any atom is 0.0483 e. The Labute approximate surface area is 95.3 Å².